The number of rotatable bonds is 8. The van der Waals surface area contributed by atoms with Crippen molar-refractivity contribution in [2.75, 3.05) is 53.7 Å². The summed E-state index contributed by atoms with van der Waals surface area (Å²) >= 11 is 0. The molecular weight excluding hydrogens is 528 g/mol. The predicted octanol–water partition coefficient (Wildman–Crippen LogP) is 3.56. The highest BCUT2D eigenvalue weighted by Crippen LogP contribution is 2.54. The van der Waals surface area contributed by atoms with Gasteiger partial charge in [0.2, 0.25) is 5.95 Å². The fraction of sp³-hybridized carbons (Fsp3) is 0.593. The molecule has 2 aliphatic heterocycles. The highest BCUT2D eigenvalue weighted by atomic mass is 32.2. The molecule has 1 aromatic carbocycles. The number of sulfone groups is 1. The van der Waals surface area contributed by atoms with Gasteiger partial charge < -0.3 is 20.2 Å². The second kappa shape index (κ2) is 10.6. The average molecular weight is 564 g/mol. The number of piperidine rings is 2. The third kappa shape index (κ3) is 6.66. The van der Waals surface area contributed by atoms with Gasteiger partial charge in [0.1, 0.15) is 5.82 Å². The van der Waals surface area contributed by atoms with Crippen molar-refractivity contribution in [3.05, 3.63) is 41.1 Å². The van der Waals surface area contributed by atoms with Crippen LogP contribution >= 0.6 is 0 Å². The topological polar surface area (TPSA) is 116 Å². The van der Waals surface area contributed by atoms with Gasteiger partial charge in [-0.2, -0.15) is 4.98 Å². The van der Waals surface area contributed by atoms with Crippen molar-refractivity contribution in [1.82, 2.24) is 9.97 Å². The van der Waals surface area contributed by atoms with Gasteiger partial charge in [0.05, 0.1) is 23.7 Å². The van der Waals surface area contributed by atoms with E-state index in [-0.39, 0.29) is 43.3 Å². The molecule has 5 rings (SSSR count). The number of carbonyl (C=O) groups is 1. The molecule has 2 N–H and O–H groups in total. The minimum absolute atomic E-state index is 0.130. The first-order valence-corrected chi connectivity index (χ1v) is 15.3. The van der Waals surface area contributed by atoms with Crippen molar-refractivity contribution in [2.45, 2.75) is 57.1 Å². The van der Waals surface area contributed by atoms with Gasteiger partial charge in [-0.25, -0.2) is 22.2 Å². The molecular formula is C27H35F2N5O4S. The van der Waals surface area contributed by atoms with E-state index < -0.39 is 28.3 Å². The monoisotopic (exact) mass is 563 g/mol. The predicted molar refractivity (Wildman–Crippen MR) is 145 cm³/mol. The molecule has 2 aromatic rings. The maximum absolute atomic E-state index is 13.6. The molecule has 9 nitrogen and oxygen atoms in total. The zero-order valence-electron chi connectivity index (χ0n) is 22.1. The van der Waals surface area contributed by atoms with E-state index in [4.69, 9.17) is 5.11 Å². The molecule has 0 bridgehead atoms. The Morgan fingerprint density at radius 3 is 2.31 bits per heavy atom. The average Bonchev–Trinajstić information content (AvgIpc) is 3.62. The highest BCUT2D eigenvalue weighted by Gasteiger charge is 2.44. The Kier molecular flexibility index (Phi) is 7.53. The minimum atomic E-state index is -3.49. The number of nitrogens with zero attached hydrogens (tertiary/aromatic N) is 4. The maximum Gasteiger partial charge on any atom is 0.258 e. The van der Waals surface area contributed by atoms with Crippen molar-refractivity contribution in [3.8, 4) is 0 Å². The summed E-state index contributed by atoms with van der Waals surface area (Å²) in [4.78, 5) is 26.2. The van der Waals surface area contributed by atoms with E-state index in [1.54, 1.807) is 36.1 Å². The molecule has 1 amide bonds. The standard InChI is InChI=1S/C27H35F2N5O4S/c1-19-16-23(32-25(30-19)34-12-8-27(28,29)9-13-34)31-24(36)21-3-2-20(18-39(37,38)15-14-35)17-22(21)33-10-6-26(4-5-26)7-11-33/h2-3,16-17,35H,4-15,18H2,1H3,(H,30,31,32,36). The summed E-state index contributed by atoms with van der Waals surface area (Å²) in [6, 6.07) is 6.66. The van der Waals surface area contributed by atoms with E-state index in [0.29, 0.717) is 33.9 Å². The number of anilines is 3. The van der Waals surface area contributed by atoms with Crippen LogP contribution in [0.1, 0.15) is 60.1 Å². The number of carbonyl (C=O) groups excluding carboxylic acids is 1. The van der Waals surface area contributed by atoms with Crippen LogP contribution in [0.15, 0.2) is 24.3 Å². The Labute approximate surface area is 227 Å². The number of hydrogen-bond acceptors (Lipinski definition) is 8. The van der Waals surface area contributed by atoms with Gasteiger partial charge in [-0.3, -0.25) is 4.79 Å². The molecule has 39 heavy (non-hydrogen) atoms. The Hall–Kier alpha value is -2.86. The third-order valence-corrected chi connectivity index (χ3v) is 9.66. The summed E-state index contributed by atoms with van der Waals surface area (Å²) in [5.41, 5.74) is 2.66. The molecule has 0 radical (unpaired) electrons. The molecule has 1 saturated carbocycles. The maximum atomic E-state index is 13.6. The van der Waals surface area contributed by atoms with Crippen LogP contribution in [0, 0.1) is 12.3 Å². The van der Waals surface area contributed by atoms with E-state index >= 15 is 0 Å². The number of aliphatic hydroxyl groups is 1. The van der Waals surface area contributed by atoms with E-state index in [1.165, 1.54) is 12.8 Å². The van der Waals surface area contributed by atoms with Gasteiger partial charge >= 0.3 is 0 Å². The molecule has 2 saturated heterocycles. The van der Waals surface area contributed by atoms with Crippen LogP contribution in [0.4, 0.5) is 26.2 Å². The highest BCUT2D eigenvalue weighted by molar-refractivity contribution is 7.90. The van der Waals surface area contributed by atoms with Gasteiger partial charge in [-0.1, -0.05) is 6.07 Å². The lowest BCUT2D eigenvalue weighted by atomic mass is 9.92. The van der Waals surface area contributed by atoms with Crippen LogP contribution in [-0.2, 0) is 15.6 Å². The Balaban J connectivity index is 1.39. The SMILES string of the molecule is Cc1cc(NC(=O)c2ccc(CS(=O)(=O)CCO)cc2N2CCC3(CC2)CC3)nc(N2CCC(F)(F)CC2)n1. The van der Waals surface area contributed by atoms with E-state index in [2.05, 4.69) is 20.2 Å². The number of hydrogen-bond donors (Lipinski definition) is 2. The Morgan fingerprint density at radius 1 is 1.00 bits per heavy atom. The van der Waals surface area contributed by atoms with Crippen LogP contribution in [-0.4, -0.2) is 73.9 Å². The van der Waals surface area contributed by atoms with E-state index in [0.717, 1.165) is 25.9 Å². The summed E-state index contributed by atoms with van der Waals surface area (Å²) in [6.45, 7) is 3.14. The molecule has 12 heteroatoms. The molecule has 0 atom stereocenters. The zero-order chi connectivity index (χ0) is 27.8. The number of halogens is 2. The molecule has 3 heterocycles. The zero-order valence-corrected chi connectivity index (χ0v) is 22.9. The lowest BCUT2D eigenvalue weighted by Crippen LogP contribution is -2.40. The van der Waals surface area contributed by atoms with Crippen LogP contribution in [0.3, 0.4) is 0 Å². The molecule has 212 valence electrons. The third-order valence-electron chi connectivity index (χ3n) is 8.08. The number of aryl methyl sites for hydroxylation is 1. The van der Waals surface area contributed by atoms with Crippen LogP contribution in [0.25, 0.3) is 0 Å². The first-order chi connectivity index (χ1) is 18.5. The minimum Gasteiger partial charge on any atom is -0.395 e. The summed E-state index contributed by atoms with van der Waals surface area (Å²) < 4.78 is 52.0. The summed E-state index contributed by atoms with van der Waals surface area (Å²) in [6.07, 6.45) is 3.99. The fourth-order valence-electron chi connectivity index (χ4n) is 5.46. The van der Waals surface area contributed by atoms with Gasteiger partial charge in [-0.15, -0.1) is 0 Å². The number of aromatic nitrogens is 2. The first kappa shape index (κ1) is 27.7. The number of aliphatic hydroxyl groups excluding tert-OH is 1. The molecule has 1 aliphatic carbocycles. The molecule has 1 spiro atoms. The summed E-state index contributed by atoms with van der Waals surface area (Å²) in [5.74, 6) is -3.04. The lowest BCUT2D eigenvalue weighted by Gasteiger charge is -2.35. The van der Waals surface area contributed by atoms with E-state index in [1.807, 2.05) is 0 Å². The number of benzene rings is 1. The summed E-state index contributed by atoms with van der Waals surface area (Å²) in [7, 11) is -3.49. The van der Waals surface area contributed by atoms with Crippen LogP contribution < -0.4 is 15.1 Å². The van der Waals surface area contributed by atoms with Crippen molar-refractivity contribution >= 4 is 33.2 Å². The summed E-state index contributed by atoms with van der Waals surface area (Å²) in [5, 5.41) is 12.0. The molecule has 0 unspecified atom stereocenters. The van der Waals surface area contributed by atoms with Crippen molar-refractivity contribution in [3.63, 3.8) is 0 Å². The Morgan fingerprint density at radius 2 is 1.67 bits per heavy atom. The number of amides is 1. The smallest absolute Gasteiger partial charge is 0.258 e. The quantitative estimate of drug-likeness (QED) is 0.501. The van der Waals surface area contributed by atoms with Gasteiger partial charge in [0, 0.05) is 56.5 Å². The first-order valence-electron chi connectivity index (χ1n) is 13.5. The van der Waals surface area contributed by atoms with Crippen LogP contribution in [0.2, 0.25) is 0 Å². The van der Waals surface area contributed by atoms with Crippen molar-refractivity contribution < 1.29 is 27.1 Å². The lowest BCUT2D eigenvalue weighted by molar-refractivity contribution is -0.0222. The molecule has 1 aromatic heterocycles. The Bertz CT molecular complexity index is 1330. The number of alkyl halides is 2. The van der Waals surface area contributed by atoms with Crippen molar-refractivity contribution in [1.29, 1.82) is 0 Å². The number of nitrogens with one attached hydrogen (secondary N) is 1. The second-order valence-corrected chi connectivity index (χ2v) is 13.3. The normalized spacial score (nSPS) is 20.2. The second-order valence-electron chi connectivity index (χ2n) is 11.1. The molecule has 3 aliphatic rings. The largest absolute Gasteiger partial charge is 0.395 e. The van der Waals surface area contributed by atoms with Gasteiger partial charge in [0.15, 0.2) is 9.84 Å². The molecule has 3 fully saturated rings. The fourth-order valence-corrected chi connectivity index (χ4v) is 6.57. The van der Waals surface area contributed by atoms with E-state index in [9.17, 15) is 22.0 Å². The van der Waals surface area contributed by atoms with Gasteiger partial charge in [-0.05, 0) is 55.7 Å². The van der Waals surface area contributed by atoms with Gasteiger partial charge in [0.25, 0.3) is 11.8 Å². The van der Waals surface area contributed by atoms with Crippen molar-refractivity contribution in [2.24, 2.45) is 5.41 Å². The van der Waals surface area contributed by atoms with Crippen LogP contribution in [0.5, 0.6) is 0 Å².